The van der Waals surface area contributed by atoms with Gasteiger partial charge in [0.15, 0.2) is 0 Å². The van der Waals surface area contributed by atoms with Gasteiger partial charge in [0.05, 0.1) is 6.26 Å². The number of carbonyl (C=O) groups excluding carboxylic acids is 1. The van der Waals surface area contributed by atoms with E-state index in [-0.39, 0.29) is 23.6 Å². The lowest BCUT2D eigenvalue weighted by molar-refractivity contribution is -0.131. The van der Waals surface area contributed by atoms with Crippen LogP contribution < -0.4 is 4.18 Å². The van der Waals surface area contributed by atoms with Gasteiger partial charge in [-0.3, -0.25) is 4.79 Å². The van der Waals surface area contributed by atoms with Crippen LogP contribution in [0.25, 0.3) is 0 Å². The largest absolute Gasteiger partial charge is 0.383 e. The summed E-state index contributed by atoms with van der Waals surface area (Å²) < 4.78 is 27.1. The predicted molar refractivity (Wildman–Crippen MR) is 82.9 cm³/mol. The van der Waals surface area contributed by atoms with Crippen molar-refractivity contribution in [1.82, 2.24) is 4.90 Å². The third-order valence-corrected chi connectivity index (χ3v) is 3.78. The minimum absolute atomic E-state index is 0.0516. The topological polar surface area (TPSA) is 63.7 Å². The Morgan fingerprint density at radius 3 is 2.62 bits per heavy atom. The van der Waals surface area contributed by atoms with Gasteiger partial charge in [-0.2, -0.15) is 8.42 Å². The average Bonchev–Trinajstić information content (AvgIpc) is 2.41. The molecule has 0 saturated heterocycles. The molecule has 0 bridgehead atoms. The zero-order valence-corrected chi connectivity index (χ0v) is 13.9. The average molecular weight is 334 g/mol. The molecule has 0 aromatic heterocycles. The molecule has 0 N–H and O–H groups in total. The first kappa shape index (κ1) is 17.8. The Balaban J connectivity index is 2.94. The number of amides is 1. The SMILES string of the molecule is CC[C@H](C)N(Cc1cccc(OS(C)(=O)=O)c1)C(=O)CCl. The quantitative estimate of drug-likeness (QED) is 0.567. The molecule has 0 fully saturated rings. The molecule has 0 unspecified atom stereocenters. The maximum atomic E-state index is 11.9. The van der Waals surface area contributed by atoms with Crippen LogP contribution in [0.15, 0.2) is 24.3 Å². The Labute approximate surface area is 131 Å². The van der Waals surface area contributed by atoms with E-state index in [0.29, 0.717) is 6.54 Å². The molecule has 0 aliphatic rings. The number of alkyl halides is 1. The van der Waals surface area contributed by atoms with E-state index < -0.39 is 10.1 Å². The number of halogens is 1. The van der Waals surface area contributed by atoms with Crippen LogP contribution in [-0.2, 0) is 21.5 Å². The zero-order valence-electron chi connectivity index (χ0n) is 12.4. The maximum absolute atomic E-state index is 11.9. The fraction of sp³-hybridized carbons (Fsp3) is 0.500. The van der Waals surface area contributed by atoms with Crippen molar-refractivity contribution in [3.8, 4) is 5.75 Å². The van der Waals surface area contributed by atoms with E-state index in [4.69, 9.17) is 15.8 Å². The highest BCUT2D eigenvalue weighted by atomic mass is 35.5. The van der Waals surface area contributed by atoms with Crippen molar-refractivity contribution < 1.29 is 17.4 Å². The molecule has 1 amide bonds. The van der Waals surface area contributed by atoms with Gasteiger partial charge < -0.3 is 9.08 Å². The van der Waals surface area contributed by atoms with Crippen molar-refractivity contribution in [2.24, 2.45) is 0 Å². The molecule has 1 atom stereocenters. The van der Waals surface area contributed by atoms with Crippen molar-refractivity contribution >= 4 is 27.6 Å². The van der Waals surface area contributed by atoms with Crippen LogP contribution in [0.4, 0.5) is 0 Å². The number of rotatable bonds is 7. The molecule has 0 aliphatic heterocycles. The second-order valence-corrected chi connectivity index (χ2v) is 6.69. The molecule has 118 valence electrons. The second-order valence-electron chi connectivity index (χ2n) is 4.85. The van der Waals surface area contributed by atoms with Crippen molar-refractivity contribution in [2.75, 3.05) is 12.1 Å². The van der Waals surface area contributed by atoms with Gasteiger partial charge >= 0.3 is 10.1 Å². The molecule has 1 rings (SSSR count). The Morgan fingerprint density at radius 1 is 1.43 bits per heavy atom. The van der Waals surface area contributed by atoms with Gasteiger partial charge in [-0.05, 0) is 31.0 Å². The summed E-state index contributed by atoms with van der Waals surface area (Å²) in [4.78, 5) is 13.6. The molecule has 1 aromatic carbocycles. The van der Waals surface area contributed by atoms with Crippen LogP contribution in [-0.4, -0.2) is 37.4 Å². The van der Waals surface area contributed by atoms with Crippen LogP contribution in [0.5, 0.6) is 5.75 Å². The third kappa shape index (κ3) is 5.93. The molecule has 0 heterocycles. The number of hydrogen-bond donors (Lipinski definition) is 0. The van der Waals surface area contributed by atoms with Crippen molar-refractivity contribution in [3.05, 3.63) is 29.8 Å². The molecular weight excluding hydrogens is 314 g/mol. The Hall–Kier alpha value is -1.27. The van der Waals surface area contributed by atoms with Gasteiger partial charge in [0.25, 0.3) is 0 Å². The Morgan fingerprint density at radius 2 is 2.10 bits per heavy atom. The highest BCUT2D eigenvalue weighted by Gasteiger charge is 2.18. The molecule has 1 aromatic rings. The van der Waals surface area contributed by atoms with E-state index in [0.717, 1.165) is 18.2 Å². The lowest BCUT2D eigenvalue weighted by Crippen LogP contribution is -2.38. The smallest absolute Gasteiger partial charge is 0.306 e. The van der Waals surface area contributed by atoms with E-state index in [1.54, 1.807) is 23.1 Å². The summed E-state index contributed by atoms with van der Waals surface area (Å²) in [5.74, 6) is 0.00187. The molecular formula is C14H20ClNO4S. The van der Waals surface area contributed by atoms with E-state index in [1.807, 2.05) is 19.9 Å². The van der Waals surface area contributed by atoms with Crippen molar-refractivity contribution in [2.45, 2.75) is 32.9 Å². The van der Waals surface area contributed by atoms with Crippen molar-refractivity contribution in [3.63, 3.8) is 0 Å². The van der Waals surface area contributed by atoms with Crippen LogP contribution in [0.1, 0.15) is 25.8 Å². The summed E-state index contributed by atoms with van der Waals surface area (Å²) in [6, 6.07) is 6.72. The lowest BCUT2D eigenvalue weighted by atomic mass is 10.1. The van der Waals surface area contributed by atoms with Gasteiger partial charge in [0.1, 0.15) is 11.6 Å². The normalized spacial score (nSPS) is 12.8. The molecule has 5 nitrogen and oxygen atoms in total. The fourth-order valence-electron chi connectivity index (χ4n) is 1.85. The third-order valence-electron chi connectivity index (χ3n) is 3.06. The lowest BCUT2D eigenvalue weighted by Gasteiger charge is -2.28. The maximum Gasteiger partial charge on any atom is 0.306 e. The summed E-state index contributed by atoms with van der Waals surface area (Å²) >= 11 is 5.64. The molecule has 21 heavy (non-hydrogen) atoms. The zero-order chi connectivity index (χ0) is 16.0. The Bertz CT molecular complexity index is 588. The number of carbonyl (C=O) groups is 1. The van der Waals surface area contributed by atoms with Crippen LogP contribution in [0.2, 0.25) is 0 Å². The van der Waals surface area contributed by atoms with E-state index >= 15 is 0 Å². The minimum atomic E-state index is -3.57. The second kappa shape index (κ2) is 7.66. The number of benzene rings is 1. The van der Waals surface area contributed by atoms with Gasteiger partial charge in [0, 0.05) is 12.6 Å². The fourth-order valence-corrected chi connectivity index (χ4v) is 2.46. The van der Waals surface area contributed by atoms with Gasteiger partial charge in [0.2, 0.25) is 5.91 Å². The van der Waals surface area contributed by atoms with Crippen molar-refractivity contribution in [1.29, 1.82) is 0 Å². The standard InChI is InChI=1S/C14H20ClNO4S/c1-4-11(2)16(14(17)9-15)10-12-6-5-7-13(8-12)20-21(3,18)19/h5-8,11H,4,9-10H2,1-3H3/t11-/m0/s1. The summed E-state index contributed by atoms with van der Waals surface area (Å²) in [5.41, 5.74) is 0.787. The van der Waals surface area contributed by atoms with E-state index in [2.05, 4.69) is 0 Å². The summed E-state index contributed by atoms with van der Waals surface area (Å²) in [6.45, 7) is 4.30. The molecule has 0 radical (unpaired) electrons. The van der Waals surface area contributed by atoms with Gasteiger partial charge in [-0.1, -0.05) is 19.1 Å². The first-order chi connectivity index (χ1) is 9.76. The van der Waals surface area contributed by atoms with Gasteiger partial charge in [-0.25, -0.2) is 0 Å². The van der Waals surface area contributed by atoms with Crippen LogP contribution in [0, 0.1) is 0 Å². The molecule has 0 spiro atoms. The van der Waals surface area contributed by atoms with Crippen LogP contribution in [0.3, 0.4) is 0 Å². The summed E-state index contributed by atoms with van der Waals surface area (Å²) in [7, 11) is -3.57. The Kier molecular flexibility index (Phi) is 6.48. The summed E-state index contributed by atoms with van der Waals surface area (Å²) in [5, 5.41) is 0. The highest BCUT2D eigenvalue weighted by molar-refractivity contribution is 7.86. The van der Waals surface area contributed by atoms with E-state index in [9.17, 15) is 13.2 Å². The molecule has 7 heteroatoms. The summed E-state index contributed by atoms with van der Waals surface area (Å²) in [6.07, 6.45) is 1.80. The number of nitrogens with zero attached hydrogens (tertiary/aromatic N) is 1. The number of hydrogen-bond acceptors (Lipinski definition) is 4. The highest BCUT2D eigenvalue weighted by Crippen LogP contribution is 2.18. The monoisotopic (exact) mass is 333 g/mol. The predicted octanol–water partition coefficient (Wildman–Crippen LogP) is 2.39. The first-order valence-corrected chi connectivity index (χ1v) is 8.95. The van der Waals surface area contributed by atoms with Crippen LogP contribution >= 0.6 is 11.6 Å². The minimum Gasteiger partial charge on any atom is -0.383 e. The molecule has 0 saturated carbocycles. The van der Waals surface area contributed by atoms with Gasteiger partial charge in [-0.15, -0.1) is 11.6 Å². The first-order valence-electron chi connectivity index (χ1n) is 6.60. The van der Waals surface area contributed by atoms with E-state index in [1.165, 1.54) is 0 Å². The molecule has 0 aliphatic carbocycles.